The number of benzene rings is 2. The van der Waals surface area contributed by atoms with E-state index >= 15 is 0 Å². The van der Waals surface area contributed by atoms with Crippen molar-refractivity contribution < 1.29 is 28.6 Å². The number of aryl methyl sites for hydroxylation is 1. The Morgan fingerprint density at radius 1 is 1.08 bits per heavy atom. The third-order valence-electron chi connectivity index (χ3n) is 5.99. The van der Waals surface area contributed by atoms with E-state index in [-0.39, 0.29) is 13.2 Å². The van der Waals surface area contributed by atoms with Crippen LogP contribution in [-0.2, 0) is 33.8 Å². The van der Waals surface area contributed by atoms with Crippen molar-refractivity contribution >= 4 is 51.9 Å². The summed E-state index contributed by atoms with van der Waals surface area (Å²) >= 11 is 7.49. The standard InChI is InChI=1S/C28H28ClN3O6S/c1-3-37-28(35)24-19-9-5-7-11-23(19)39-27(24)31-25(33)26(34)32-30-15-17-12-13-21(22(14-17)36-2)38-16-18-8-4-6-10-20(18)29/h4,6,8,10,12-15H,3,5,7,9,11,16H2,1-2H3,(H,31,33)(H,32,34)/b30-15+. The maximum absolute atomic E-state index is 12.6. The predicted octanol–water partition coefficient (Wildman–Crippen LogP) is 5.13. The molecule has 0 aliphatic heterocycles. The van der Waals surface area contributed by atoms with Gasteiger partial charge in [0.05, 0.1) is 25.5 Å². The lowest BCUT2D eigenvalue weighted by atomic mass is 9.95. The van der Waals surface area contributed by atoms with Crippen molar-refractivity contribution in [2.45, 2.75) is 39.2 Å². The number of amides is 2. The summed E-state index contributed by atoms with van der Waals surface area (Å²) in [5, 5.41) is 7.37. The highest BCUT2D eigenvalue weighted by Gasteiger charge is 2.28. The molecule has 39 heavy (non-hydrogen) atoms. The highest BCUT2D eigenvalue weighted by molar-refractivity contribution is 7.17. The first-order valence-corrected chi connectivity index (χ1v) is 13.6. The maximum atomic E-state index is 12.6. The van der Waals surface area contributed by atoms with E-state index in [4.69, 9.17) is 25.8 Å². The fourth-order valence-electron chi connectivity index (χ4n) is 4.10. The van der Waals surface area contributed by atoms with Gasteiger partial charge < -0.3 is 19.5 Å². The Hall–Kier alpha value is -3.89. The van der Waals surface area contributed by atoms with E-state index in [1.165, 1.54) is 24.7 Å². The highest BCUT2D eigenvalue weighted by Crippen LogP contribution is 2.38. The van der Waals surface area contributed by atoms with Crippen LogP contribution in [0.25, 0.3) is 0 Å². The zero-order valence-electron chi connectivity index (χ0n) is 21.5. The largest absolute Gasteiger partial charge is 0.493 e. The first kappa shape index (κ1) is 28.1. The molecule has 2 amide bonds. The van der Waals surface area contributed by atoms with Crippen LogP contribution in [0.3, 0.4) is 0 Å². The van der Waals surface area contributed by atoms with Crippen molar-refractivity contribution in [3.05, 3.63) is 74.6 Å². The number of nitrogens with zero attached hydrogens (tertiary/aromatic N) is 1. The van der Waals surface area contributed by atoms with Crippen molar-refractivity contribution in [2.75, 3.05) is 19.0 Å². The number of hydrogen-bond donors (Lipinski definition) is 2. The molecule has 0 saturated carbocycles. The minimum absolute atomic E-state index is 0.214. The maximum Gasteiger partial charge on any atom is 0.341 e. The van der Waals surface area contributed by atoms with Crippen LogP contribution in [-0.4, -0.2) is 37.7 Å². The Labute approximate surface area is 235 Å². The molecule has 2 aromatic carbocycles. The minimum atomic E-state index is -0.973. The zero-order valence-corrected chi connectivity index (χ0v) is 23.1. The first-order valence-electron chi connectivity index (χ1n) is 12.4. The molecule has 1 aliphatic rings. The van der Waals surface area contributed by atoms with E-state index in [1.807, 2.05) is 18.2 Å². The summed E-state index contributed by atoms with van der Waals surface area (Å²) in [5.41, 5.74) is 4.89. The molecule has 0 saturated heterocycles. The fourth-order valence-corrected chi connectivity index (χ4v) is 5.57. The third-order valence-corrected chi connectivity index (χ3v) is 7.57. The van der Waals surface area contributed by atoms with Gasteiger partial charge in [-0.15, -0.1) is 11.3 Å². The van der Waals surface area contributed by atoms with Gasteiger partial charge in [-0.3, -0.25) is 9.59 Å². The molecule has 204 valence electrons. The van der Waals surface area contributed by atoms with Crippen molar-refractivity contribution in [3.63, 3.8) is 0 Å². The van der Waals surface area contributed by atoms with Crippen LogP contribution in [0.4, 0.5) is 5.00 Å². The Morgan fingerprint density at radius 3 is 2.64 bits per heavy atom. The van der Waals surface area contributed by atoms with Gasteiger partial charge >= 0.3 is 17.8 Å². The molecule has 1 aliphatic carbocycles. The van der Waals surface area contributed by atoms with Gasteiger partial charge in [0.1, 0.15) is 11.6 Å². The number of rotatable bonds is 9. The van der Waals surface area contributed by atoms with E-state index in [9.17, 15) is 14.4 Å². The second-order valence-corrected chi connectivity index (χ2v) is 10.1. The lowest BCUT2D eigenvalue weighted by Gasteiger charge is -2.12. The molecular weight excluding hydrogens is 542 g/mol. The topological polar surface area (TPSA) is 115 Å². The lowest BCUT2D eigenvalue weighted by Crippen LogP contribution is -2.32. The summed E-state index contributed by atoms with van der Waals surface area (Å²) in [4.78, 5) is 38.6. The van der Waals surface area contributed by atoms with E-state index in [0.29, 0.717) is 32.6 Å². The molecule has 0 fully saturated rings. The molecule has 2 N–H and O–H groups in total. The second kappa shape index (κ2) is 13.3. The zero-order chi connectivity index (χ0) is 27.8. The quantitative estimate of drug-likeness (QED) is 0.160. The van der Waals surface area contributed by atoms with E-state index in [0.717, 1.165) is 41.7 Å². The Balaban J connectivity index is 1.38. The van der Waals surface area contributed by atoms with Crippen LogP contribution in [0, 0.1) is 0 Å². The van der Waals surface area contributed by atoms with Gasteiger partial charge in [-0.05, 0) is 68.0 Å². The number of carbonyl (C=O) groups is 3. The number of hydrazone groups is 1. The summed E-state index contributed by atoms with van der Waals surface area (Å²) in [6.07, 6.45) is 4.90. The molecule has 0 spiro atoms. The normalized spacial score (nSPS) is 12.5. The average molecular weight is 570 g/mol. The number of anilines is 1. The molecule has 0 unspecified atom stereocenters. The fraction of sp³-hybridized carbons (Fsp3) is 0.286. The van der Waals surface area contributed by atoms with Crippen LogP contribution in [0.5, 0.6) is 11.5 Å². The van der Waals surface area contributed by atoms with Gasteiger partial charge in [-0.1, -0.05) is 29.8 Å². The molecular formula is C28H28ClN3O6S. The number of hydrogen-bond acceptors (Lipinski definition) is 8. The minimum Gasteiger partial charge on any atom is -0.493 e. The van der Waals surface area contributed by atoms with Crippen molar-refractivity contribution in [1.82, 2.24) is 5.43 Å². The number of methoxy groups -OCH3 is 1. The molecule has 1 aromatic heterocycles. The Bertz CT molecular complexity index is 1400. The summed E-state index contributed by atoms with van der Waals surface area (Å²) in [6, 6.07) is 12.5. The molecule has 9 nitrogen and oxygen atoms in total. The van der Waals surface area contributed by atoms with E-state index < -0.39 is 17.8 Å². The van der Waals surface area contributed by atoms with Gasteiger partial charge in [0, 0.05) is 15.5 Å². The summed E-state index contributed by atoms with van der Waals surface area (Å²) in [7, 11) is 1.51. The van der Waals surface area contributed by atoms with E-state index in [1.54, 1.807) is 31.2 Å². The van der Waals surface area contributed by atoms with Crippen LogP contribution in [0.15, 0.2) is 47.6 Å². The molecule has 3 aromatic rings. The smallest absolute Gasteiger partial charge is 0.341 e. The van der Waals surface area contributed by atoms with Crippen molar-refractivity contribution in [1.29, 1.82) is 0 Å². The van der Waals surface area contributed by atoms with Gasteiger partial charge in [0.25, 0.3) is 0 Å². The molecule has 1 heterocycles. The number of nitrogens with one attached hydrogen (secondary N) is 2. The number of esters is 1. The lowest BCUT2D eigenvalue weighted by molar-refractivity contribution is -0.136. The third kappa shape index (κ3) is 6.96. The van der Waals surface area contributed by atoms with Gasteiger partial charge in [-0.25, -0.2) is 10.2 Å². The number of thiophene rings is 1. The Morgan fingerprint density at radius 2 is 1.87 bits per heavy atom. The van der Waals surface area contributed by atoms with Gasteiger partial charge in [0.15, 0.2) is 11.5 Å². The first-order chi connectivity index (χ1) is 18.9. The van der Waals surface area contributed by atoms with Crippen LogP contribution < -0.4 is 20.2 Å². The SMILES string of the molecule is CCOC(=O)c1c(NC(=O)C(=O)N/N=C/c2ccc(OCc3ccccc3Cl)c(OC)c2)sc2c1CCCC2. The van der Waals surface area contributed by atoms with Crippen LogP contribution >= 0.6 is 22.9 Å². The molecule has 0 atom stereocenters. The monoisotopic (exact) mass is 569 g/mol. The summed E-state index contributed by atoms with van der Waals surface area (Å²) < 4.78 is 16.4. The molecule has 4 rings (SSSR count). The number of carbonyl (C=O) groups excluding carboxylic acids is 3. The van der Waals surface area contributed by atoms with Crippen molar-refractivity contribution in [2.24, 2.45) is 5.10 Å². The number of halogens is 1. The number of ether oxygens (including phenoxy) is 3. The molecule has 0 bridgehead atoms. The predicted molar refractivity (Wildman–Crippen MR) is 150 cm³/mol. The van der Waals surface area contributed by atoms with Crippen LogP contribution in [0.1, 0.15) is 51.7 Å². The van der Waals surface area contributed by atoms with Gasteiger partial charge in [-0.2, -0.15) is 5.10 Å². The Kier molecular flexibility index (Phi) is 9.56. The van der Waals surface area contributed by atoms with Crippen LogP contribution in [0.2, 0.25) is 5.02 Å². The second-order valence-electron chi connectivity index (χ2n) is 8.58. The number of fused-ring (bicyclic) bond motifs is 1. The highest BCUT2D eigenvalue weighted by atomic mass is 35.5. The average Bonchev–Trinajstić information content (AvgIpc) is 3.30. The van der Waals surface area contributed by atoms with E-state index in [2.05, 4.69) is 15.8 Å². The van der Waals surface area contributed by atoms with Crippen molar-refractivity contribution in [3.8, 4) is 11.5 Å². The van der Waals surface area contributed by atoms with Gasteiger partial charge in [0.2, 0.25) is 0 Å². The summed E-state index contributed by atoms with van der Waals surface area (Å²) in [6.45, 7) is 2.20. The summed E-state index contributed by atoms with van der Waals surface area (Å²) in [5.74, 6) is -1.44. The molecule has 0 radical (unpaired) electrons. The molecule has 11 heteroatoms.